The molecular formula is C20H24N2O3. The topological polar surface area (TPSA) is 60.5 Å². The second kappa shape index (κ2) is 6.39. The van der Waals surface area contributed by atoms with E-state index in [0.717, 1.165) is 35.2 Å². The molecule has 4 rings (SSSR count). The maximum Gasteiger partial charge on any atom is 0.252 e. The number of carbonyl (C=O) groups excluding carboxylic acids is 1. The standard InChI is InChI=1S/C20H24N2O3/c1-11-5-4-6-13-15(9-12(2)21-17(11)13)20(23)22-18-14-7-8-25-19(14)16(18)10-24-3/h4-6,9,14,16,18-19H,7-8,10H2,1-3H3,(H,22,23)/t14-,16+,18-,19-/m0/s1. The van der Waals surface area contributed by atoms with Crippen molar-refractivity contribution in [2.45, 2.75) is 32.4 Å². The summed E-state index contributed by atoms with van der Waals surface area (Å²) in [4.78, 5) is 17.7. The van der Waals surface area contributed by atoms with Crippen LogP contribution in [0.5, 0.6) is 0 Å². The summed E-state index contributed by atoms with van der Waals surface area (Å²) in [5.74, 6) is 0.606. The van der Waals surface area contributed by atoms with Crippen LogP contribution in [0.1, 0.15) is 28.0 Å². The van der Waals surface area contributed by atoms with Crippen LogP contribution in [0, 0.1) is 25.7 Å². The summed E-state index contributed by atoms with van der Waals surface area (Å²) in [6.45, 7) is 5.35. The van der Waals surface area contributed by atoms with E-state index in [2.05, 4.69) is 10.3 Å². The van der Waals surface area contributed by atoms with Gasteiger partial charge in [-0.2, -0.15) is 0 Å². The van der Waals surface area contributed by atoms with Crippen LogP contribution in [-0.4, -0.2) is 43.4 Å². The zero-order valence-electron chi connectivity index (χ0n) is 14.9. The highest BCUT2D eigenvalue weighted by atomic mass is 16.5. The molecule has 2 fully saturated rings. The van der Waals surface area contributed by atoms with Gasteiger partial charge in [-0.3, -0.25) is 9.78 Å². The molecule has 1 aromatic carbocycles. The molecule has 2 heterocycles. The number of rotatable bonds is 4. The fraction of sp³-hybridized carbons (Fsp3) is 0.500. The molecule has 2 aliphatic rings. The van der Waals surface area contributed by atoms with E-state index in [1.165, 1.54) is 0 Å². The summed E-state index contributed by atoms with van der Waals surface area (Å²) in [6, 6.07) is 7.97. The van der Waals surface area contributed by atoms with Crippen LogP contribution < -0.4 is 5.32 Å². The number of hydrogen-bond donors (Lipinski definition) is 1. The van der Waals surface area contributed by atoms with Gasteiger partial charge in [0.1, 0.15) is 0 Å². The van der Waals surface area contributed by atoms with E-state index in [4.69, 9.17) is 9.47 Å². The molecule has 1 saturated carbocycles. The number of nitrogens with zero attached hydrogens (tertiary/aromatic N) is 1. The number of fused-ring (bicyclic) bond motifs is 2. The second-order valence-corrected chi connectivity index (χ2v) is 7.19. The average Bonchev–Trinajstić information content (AvgIpc) is 3.02. The normalized spacial score (nSPS) is 27.8. The van der Waals surface area contributed by atoms with E-state index in [-0.39, 0.29) is 24.0 Å². The third-order valence-corrected chi connectivity index (χ3v) is 5.60. The van der Waals surface area contributed by atoms with Crippen LogP contribution in [0.15, 0.2) is 24.3 Å². The average molecular weight is 340 g/mol. The predicted octanol–water partition coefficient (Wildman–Crippen LogP) is 2.63. The first-order chi connectivity index (χ1) is 12.1. The maximum absolute atomic E-state index is 13.0. The Bertz CT molecular complexity index is 820. The minimum Gasteiger partial charge on any atom is -0.384 e. The molecule has 1 aliphatic carbocycles. The number of nitrogens with one attached hydrogen (secondary N) is 1. The number of methoxy groups -OCH3 is 1. The molecule has 0 radical (unpaired) electrons. The molecule has 1 aliphatic heterocycles. The van der Waals surface area contributed by atoms with Crippen LogP contribution in [-0.2, 0) is 9.47 Å². The molecule has 1 saturated heterocycles. The lowest BCUT2D eigenvalue weighted by Gasteiger charge is -2.47. The SMILES string of the molecule is COC[C@@H]1[C@@H](NC(=O)c2cc(C)nc3c(C)cccc23)[C@@H]2CCO[C@H]12. The number of amides is 1. The molecule has 0 spiro atoms. The summed E-state index contributed by atoms with van der Waals surface area (Å²) >= 11 is 0. The fourth-order valence-electron chi connectivity index (χ4n) is 4.37. The van der Waals surface area contributed by atoms with Crippen LogP contribution >= 0.6 is 0 Å². The van der Waals surface area contributed by atoms with Crippen molar-refractivity contribution in [3.05, 3.63) is 41.1 Å². The largest absolute Gasteiger partial charge is 0.384 e. The Kier molecular flexibility index (Phi) is 4.21. The van der Waals surface area contributed by atoms with Crippen LogP contribution in [0.3, 0.4) is 0 Å². The Labute approximate surface area is 147 Å². The highest BCUT2D eigenvalue weighted by molar-refractivity contribution is 6.07. The van der Waals surface area contributed by atoms with Gasteiger partial charge in [0.2, 0.25) is 0 Å². The summed E-state index contributed by atoms with van der Waals surface area (Å²) in [5.41, 5.74) is 3.54. The van der Waals surface area contributed by atoms with Crippen molar-refractivity contribution in [3.8, 4) is 0 Å². The van der Waals surface area contributed by atoms with Gasteiger partial charge in [0, 0.05) is 42.7 Å². The van der Waals surface area contributed by atoms with Crippen molar-refractivity contribution in [3.63, 3.8) is 0 Å². The molecule has 5 nitrogen and oxygen atoms in total. The fourth-order valence-corrected chi connectivity index (χ4v) is 4.37. The summed E-state index contributed by atoms with van der Waals surface area (Å²) in [7, 11) is 1.70. The Morgan fingerprint density at radius 1 is 1.40 bits per heavy atom. The first-order valence-electron chi connectivity index (χ1n) is 8.88. The van der Waals surface area contributed by atoms with E-state index in [1.807, 2.05) is 38.1 Å². The summed E-state index contributed by atoms with van der Waals surface area (Å²) < 4.78 is 11.1. The van der Waals surface area contributed by atoms with E-state index < -0.39 is 0 Å². The number of carbonyl (C=O) groups is 1. The van der Waals surface area contributed by atoms with Gasteiger partial charge in [-0.25, -0.2) is 0 Å². The first-order valence-corrected chi connectivity index (χ1v) is 8.88. The van der Waals surface area contributed by atoms with E-state index in [9.17, 15) is 4.79 Å². The number of hydrogen-bond acceptors (Lipinski definition) is 4. The maximum atomic E-state index is 13.0. The predicted molar refractivity (Wildman–Crippen MR) is 95.7 cm³/mol. The summed E-state index contributed by atoms with van der Waals surface area (Å²) in [6.07, 6.45) is 1.23. The van der Waals surface area contributed by atoms with Gasteiger partial charge in [-0.05, 0) is 31.9 Å². The van der Waals surface area contributed by atoms with Gasteiger partial charge in [0.05, 0.1) is 23.8 Å². The lowest BCUT2D eigenvalue weighted by molar-refractivity contribution is -0.0809. The lowest BCUT2D eigenvalue weighted by atomic mass is 9.67. The van der Waals surface area contributed by atoms with Gasteiger partial charge >= 0.3 is 0 Å². The van der Waals surface area contributed by atoms with Gasteiger partial charge < -0.3 is 14.8 Å². The molecule has 1 amide bonds. The minimum atomic E-state index is -0.0300. The number of para-hydroxylation sites is 1. The number of aromatic nitrogens is 1. The zero-order valence-corrected chi connectivity index (χ0v) is 14.9. The molecule has 5 heteroatoms. The van der Waals surface area contributed by atoms with Gasteiger partial charge in [-0.15, -0.1) is 0 Å². The van der Waals surface area contributed by atoms with Crippen LogP contribution in [0.25, 0.3) is 10.9 Å². The van der Waals surface area contributed by atoms with Crippen LogP contribution in [0.2, 0.25) is 0 Å². The Hall–Kier alpha value is -1.98. The number of ether oxygens (including phenoxy) is 2. The van der Waals surface area contributed by atoms with Crippen molar-refractivity contribution in [1.82, 2.24) is 10.3 Å². The van der Waals surface area contributed by atoms with Crippen molar-refractivity contribution in [1.29, 1.82) is 0 Å². The smallest absolute Gasteiger partial charge is 0.252 e. The summed E-state index contributed by atoms with van der Waals surface area (Å²) in [5, 5.41) is 4.16. The lowest BCUT2D eigenvalue weighted by Crippen LogP contribution is -2.62. The van der Waals surface area contributed by atoms with Gasteiger partial charge in [0.25, 0.3) is 5.91 Å². The molecule has 2 aromatic rings. The van der Waals surface area contributed by atoms with E-state index >= 15 is 0 Å². The molecule has 25 heavy (non-hydrogen) atoms. The molecular weight excluding hydrogens is 316 g/mol. The number of benzene rings is 1. The molecule has 1 aromatic heterocycles. The molecule has 4 atom stereocenters. The third kappa shape index (κ3) is 2.71. The van der Waals surface area contributed by atoms with Crippen molar-refractivity contribution in [2.24, 2.45) is 11.8 Å². The first kappa shape index (κ1) is 16.5. The monoisotopic (exact) mass is 340 g/mol. The Morgan fingerprint density at radius 2 is 2.24 bits per heavy atom. The van der Waals surface area contributed by atoms with E-state index in [0.29, 0.717) is 18.1 Å². The molecule has 132 valence electrons. The van der Waals surface area contributed by atoms with Crippen molar-refractivity contribution in [2.75, 3.05) is 20.3 Å². The van der Waals surface area contributed by atoms with Gasteiger partial charge in [-0.1, -0.05) is 18.2 Å². The molecule has 0 unspecified atom stereocenters. The molecule has 0 bridgehead atoms. The highest BCUT2D eigenvalue weighted by Gasteiger charge is 2.54. The Balaban J connectivity index is 1.63. The van der Waals surface area contributed by atoms with Gasteiger partial charge in [0.15, 0.2) is 0 Å². The highest BCUT2D eigenvalue weighted by Crippen LogP contribution is 2.44. The second-order valence-electron chi connectivity index (χ2n) is 7.19. The number of pyridine rings is 1. The minimum absolute atomic E-state index is 0.0300. The third-order valence-electron chi connectivity index (χ3n) is 5.60. The molecule has 1 N–H and O–H groups in total. The quantitative estimate of drug-likeness (QED) is 0.929. The zero-order chi connectivity index (χ0) is 17.6. The van der Waals surface area contributed by atoms with Crippen molar-refractivity contribution >= 4 is 16.8 Å². The number of aryl methyl sites for hydroxylation is 2. The van der Waals surface area contributed by atoms with Crippen LogP contribution in [0.4, 0.5) is 0 Å². The van der Waals surface area contributed by atoms with Crippen molar-refractivity contribution < 1.29 is 14.3 Å². The Morgan fingerprint density at radius 3 is 3.04 bits per heavy atom. The van der Waals surface area contributed by atoms with E-state index in [1.54, 1.807) is 7.11 Å².